The number of nitrogens with zero attached hydrogens (tertiary/aromatic N) is 5. The summed E-state index contributed by atoms with van der Waals surface area (Å²) in [6, 6.07) is 1.69. The van der Waals surface area contributed by atoms with E-state index in [4.69, 9.17) is 16.3 Å². The maximum Gasteiger partial charge on any atom is 0.329 e. The SMILES string of the molecule is COCC(F)(F)c1nnc(-c2c(-c3cn[nH]c3)c3nc(OC)c(Cl)cc3n2C)[nH]1. The minimum Gasteiger partial charge on any atom is -0.480 e. The summed E-state index contributed by atoms with van der Waals surface area (Å²) in [6.07, 6.45) is 3.26. The maximum absolute atomic E-state index is 14.2. The van der Waals surface area contributed by atoms with Crippen LogP contribution < -0.4 is 4.74 Å². The van der Waals surface area contributed by atoms with E-state index in [0.717, 1.165) is 0 Å². The summed E-state index contributed by atoms with van der Waals surface area (Å²) in [5.74, 6) is -3.53. The summed E-state index contributed by atoms with van der Waals surface area (Å²) in [5, 5.41) is 14.6. The second-order valence-corrected chi connectivity index (χ2v) is 6.68. The molecule has 152 valence electrons. The Labute approximate surface area is 168 Å². The van der Waals surface area contributed by atoms with Gasteiger partial charge in [0.15, 0.2) is 5.82 Å². The number of nitrogens with one attached hydrogen (secondary N) is 2. The number of rotatable bonds is 6. The van der Waals surface area contributed by atoms with Crippen molar-refractivity contribution in [2.75, 3.05) is 20.8 Å². The molecule has 0 saturated heterocycles. The first-order chi connectivity index (χ1) is 13.9. The summed E-state index contributed by atoms with van der Waals surface area (Å²) in [6.45, 7) is -0.820. The number of pyridine rings is 1. The van der Waals surface area contributed by atoms with Gasteiger partial charge in [0.25, 0.3) is 0 Å². The molecule has 0 aliphatic carbocycles. The molecular formula is C17H16ClF2N7O2. The maximum atomic E-state index is 14.2. The molecule has 0 fully saturated rings. The van der Waals surface area contributed by atoms with E-state index in [1.165, 1.54) is 14.2 Å². The largest absolute Gasteiger partial charge is 0.480 e. The number of hydrogen-bond acceptors (Lipinski definition) is 6. The van der Waals surface area contributed by atoms with Gasteiger partial charge in [0.1, 0.15) is 17.1 Å². The van der Waals surface area contributed by atoms with Gasteiger partial charge in [-0.05, 0) is 6.07 Å². The summed E-state index contributed by atoms with van der Waals surface area (Å²) < 4.78 is 39.9. The van der Waals surface area contributed by atoms with Crippen LogP contribution in [0.4, 0.5) is 8.78 Å². The van der Waals surface area contributed by atoms with Crippen LogP contribution in [0.5, 0.6) is 5.88 Å². The second-order valence-electron chi connectivity index (χ2n) is 6.28. The Morgan fingerprint density at radius 2 is 2.07 bits per heavy atom. The van der Waals surface area contributed by atoms with Gasteiger partial charge in [0.2, 0.25) is 11.7 Å². The number of ether oxygens (including phenoxy) is 2. The fourth-order valence-corrected chi connectivity index (χ4v) is 3.39. The summed E-state index contributed by atoms with van der Waals surface area (Å²) in [5.41, 5.74) is 2.99. The van der Waals surface area contributed by atoms with Crippen LogP contribution in [0.3, 0.4) is 0 Å². The number of hydrogen-bond donors (Lipinski definition) is 2. The molecule has 0 atom stereocenters. The number of fused-ring (bicyclic) bond motifs is 1. The first-order valence-corrected chi connectivity index (χ1v) is 8.77. The van der Waals surface area contributed by atoms with Crippen molar-refractivity contribution in [3.63, 3.8) is 0 Å². The average Bonchev–Trinajstić information content (AvgIpc) is 3.41. The van der Waals surface area contributed by atoms with Gasteiger partial charge < -0.3 is 19.0 Å². The van der Waals surface area contributed by atoms with Crippen molar-refractivity contribution >= 4 is 22.6 Å². The fourth-order valence-electron chi connectivity index (χ4n) is 3.17. The van der Waals surface area contributed by atoms with E-state index in [9.17, 15) is 8.78 Å². The Morgan fingerprint density at radius 1 is 1.28 bits per heavy atom. The molecule has 2 N–H and O–H groups in total. The second kappa shape index (κ2) is 7.08. The summed E-state index contributed by atoms with van der Waals surface area (Å²) >= 11 is 6.24. The van der Waals surface area contributed by atoms with Gasteiger partial charge in [-0.1, -0.05) is 11.6 Å². The Morgan fingerprint density at radius 3 is 2.72 bits per heavy atom. The van der Waals surface area contributed by atoms with E-state index in [1.54, 1.807) is 30.1 Å². The first kappa shape index (κ1) is 19.3. The predicted molar refractivity (Wildman–Crippen MR) is 101 cm³/mol. The Hall–Kier alpha value is -3.05. The average molecular weight is 424 g/mol. The normalized spacial score (nSPS) is 12.1. The van der Waals surface area contributed by atoms with Crippen LogP contribution in [0, 0.1) is 0 Å². The zero-order chi connectivity index (χ0) is 20.8. The summed E-state index contributed by atoms with van der Waals surface area (Å²) in [4.78, 5) is 7.10. The molecule has 0 radical (unpaired) electrons. The molecule has 0 aromatic carbocycles. The molecule has 4 rings (SSSR count). The molecule has 0 bridgehead atoms. The highest BCUT2D eigenvalue weighted by atomic mass is 35.5. The van der Waals surface area contributed by atoms with Gasteiger partial charge in [-0.2, -0.15) is 13.9 Å². The third-order valence-electron chi connectivity index (χ3n) is 4.46. The summed E-state index contributed by atoms with van der Waals surface area (Å²) in [7, 11) is 4.40. The highest BCUT2D eigenvalue weighted by molar-refractivity contribution is 6.32. The van der Waals surface area contributed by atoms with Crippen LogP contribution in [0.25, 0.3) is 33.7 Å². The third-order valence-corrected chi connectivity index (χ3v) is 4.73. The third kappa shape index (κ3) is 3.12. The molecular weight excluding hydrogens is 408 g/mol. The van der Waals surface area contributed by atoms with Gasteiger partial charge in [-0.15, -0.1) is 10.2 Å². The van der Waals surface area contributed by atoms with E-state index in [1.807, 2.05) is 0 Å². The van der Waals surface area contributed by atoms with Gasteiger partial charge >= 0.3 is 5.92 Å². The van der Waals surface area contributed by atoms with Crippen LogP contribution in [-0.4, -0.2) is 55.8 Å². The molecule has 4 heterocycles. The number of H-pyrrole nitrogens is 2. The van der Waals surface area contributed by atoms with Crippen LogP contribution in [0.2, 0.25) is 5.02 Å². The highest BCUT2D eigenvalue weighted by Gasteiger charge is 2.36. The molecule has 0 spiro atoms. The molecule has 0 amide bonds. The van der Waals surface area contributed by atoms with E-state index in [-0.39, 0.29) is 11.7 Å². The predicted octanol–water partition coefficient (Wildman–Crippen LogP) is 3.15. The van der Waals surface area contributed by atoms with E-state index in [0.29, 0.717) is 32.9 Å². The fraction of sp³-hybridized carbons (Fsp3) is 0.294. The molecule has 0 aliphatic heterocycles. The molecule has 4 aromatic heterocycles. The van der Waals surface area contributed by atoms with Crippen molar-refractivity contribution in [2.24, 2.45) is 7.05 Å². The number of aromatic nitrogens is 7. The van der Waals surface area contributed by atoms with Gasteiger partial charge in [0.05, 0.1) is 24.5 Å². The monoisotopic (exact) mass is 423 g/mol. The van der Waals surface area contributed by atoms with Gasteiger partial charge in [0, 0.05) is 31.5 Å². The standard InChI is InChI=1S/C17H16ClF2N7O2/c1-27-10-4-9(18)15(29-3)23-12(10)11(8-5-21-22-6-8)13(27)14-24-16(26-25-14)17(19,20)7-28-2/h4-6H,7H2,1-3H3,(H,21,22)(H,24,25,26). The molecule has 12 heteroatoms. The number of alkyl halides is 2. The number of aryl methyl sites for hydroxylation is 1. The minimum atomic E-state index is -3.31. The zero-order valence-electron chi connectivity index (χ0n) is 15.6. The molecule has 0 saturated carbocycles. The van der Waals surface area contributed by atoms with E-state index in [2.05, 4.69) is 35.1 Å². The van der Waals surface area contributed by atoms with Crippen LogP contribution in [0.15, 0.2) is 18.5 Å². The smallest absolute Gasteiger partial charge is 0.329 e. The number of aromatic amines is 2. The van der Waals surface area contributed by atoms with Gasteiger partial charge in [-0.3, -0.25) is 5.10 Å². The lowest BCUT2D eigenvalue weighted by molar-refractivity contribution is -0.0763. The zero-order valence-corrected chi connectivity index (χ0v) is 16.4. The Bertz CT molecular complexity index is 1170. The highest BCUT2D eigenvalue weighted by Crippen LogP contribution is 2.41. The molecule has 0 aliphatic rings. The first-order valence-electron chi connectivity index (χ1n) is 8.39. The quantitative estimate of drug-likeness (QED) is 0.493. The molecule has 9 nitrogen and oxygen atoms in total. The van der Waals surface area contributed by atoms with Crippen molar-refractivity contribution in [1.82, 2.24) is 34.9 Å². The minimum absolute atomic E-state index is 0.141. The number of halogens is 3. The van der Waals surface area contributed by atoms with Crippen molar-refractivity contribution in [3.8, 4) is 28.5 Å². The Kier molecular flexibility index (Phi) is 4.71. The van der Waals surface area contributed by atoms with Crippen LogP contribution >= 0.6 is 11.6 Å². The van der Waals surface area contributed by atoms with Crippen LogP contribution in [-0.2, 0) is 17.7 Å². The molecule has 29 heavy (non-hydrogen) atoms. The van der Waals surface area contributed by atoms with Crippen molar-refractivity contribution in [2.45, 2.75) is 5.92 Å². The van der Waals surface area contributed by atoms with E-state index < -0.39 is 18.4 Å². The lowest BCUT2D eigenvalue weighted by Crippen LogP contribution is -2.21. The lowest BCUT2D eigenvalue weighted by atomic mass is 10.1. The van der Waals surface area contributed by atoms with Crippen molar-refractivity contribution < 1.29 is 18.3 Å². The van der Waals surface area contributed by atoms with Crippen LogP contribution in [0.1, 0.15) is 5.82 Å². The lowest BCUT2D eigenvalue weighted by Gasteiger charge is -2.11. The van der Waals surface area contributed by atoms with Gasteiger partial charge in [-0.25, -0.2) is 4.98 Å². The Balaban J connectivity index is 1.99. The topological polar surface area (TPSA) is 107 Å². The molecule has 0 unspecified atom stereocenters. The van der Waals surface area contributed by atoms with E-state index >= 15 is 0 Å². The van der Waals surface area contributed by atoms with Crippen molar-refractivity contribution in [3.05, 3.63) is 29.3 Å². The van der Waals surface area contributed by atoms with Crippen molar-refractivity contribution in [1.29, 1.82) is 0 Å². The number of methoxy groups -OCH3 is 2. The molecule has 4 aromatic rings.